The molecule has 3 rings (SSSR count). The molecular formula is C25H42N2O21. The first-order valence-electron chi connectivity index (χ1n) is 14.3. The number of aliphatic hydroxyl groups is 14. The summed E-state index contributed by atoms with van der Waals surface area (Å²) in [5, 5.41) is 165. The number of carbonyl (C=O) groups is 3. The Morgan fingerprint density at radius 2 is 1.31 bits per heavy atom. The highest BCUT2D eigenvalue weighted by atomic mass is 16.7. The van der Waals surface area contributed by atoms with Crippen molar-refractivity contribution in [2.45, 2.75) is 109 Å². The van der Waals surface area contributed by atoms with Gasteiger partial charge in [0.15, 0.2) is 11.3 Å². The largest absolute Gasteiger partial charge is 0.477 e. The molecular weight excluding hydrogens is 664 g/mol. The minimum atomic E-state index is -4.56. The number of ketones is 1. The molecule has 0 aliphatic carbocycles. The van der Waals surface area contributed by atoms with Gasteiger partial charge in [-0.15, -0.1) is 0 Å². The number of ether oxygens (including phenoxy) is 3. The lowest BCUT2D eigenvalue weighted by molar-refractivity contribution is -0.511. The molecule has 0 saturated carbocycles. The van der Waals surface area contributed by atoms with Gasteiger partial charge in [-0.1, -0.05) is 0 Å². The number of carboxylic acids is 1. The zero-order valence-electron chi connectivity index (χ0n) is 25.3. The molecule has 0 aromatic carbocycles. The van der Waals surface area contributed by atoms with Crippen LogP contribution in [0.15, 0.2) is 0 Å². The molecule has 3 saturated heterocycles. The van der Waals surface area contributed by atoms with Gasteiger partial charge in [0.1, 0.15) is 60.9 Å². The molecule has 3 fully saturated rings. The topological polar surface area (TPSA) is 420 Å². The molecule has 0 aromatic heterocycles. The third kappa shape index (κ3) is 5.43. The van der Waals surface area contributed by atoms with Crippen molar-refractivity contribution in [3.05, 3.63) is 0 Å². The van der Waals surface area contributed by atoms with Gasteiger partial charge in [-0.25, -0.2) is 4.79 Å². The fraction of sp³-hybridized carbons (Fsp3) is 0.880. The average molecular weight is 707 g/mol. The fourth-order valence-electron chi connectivity index (χ4n) is 6.69. The molecule has 17 atom stereocenters. The number of Topliss-reactive ketones (excluding diaryl/α,β-unsaturated/α-hetero) is 1. The summed E-state index contributed by atoms with van der Waals surface area (Å²) in [4.78, 5) is 37.8. The summed E-state index contributed by atoms with van der Waals surface area (Å²) < 4.78 is 15.5. The van der Waals surface area contributed by atoms with Crippen molar-refractivity contribution in [3.8, 4) is 0 Å². The van der Waals surface area contributed by atoms with Crippen molar-refractivity contribution in [1.29, 1.82) is 0 Å². The number of carbonyl (C=O) groups excluding carboxylic acids is 2. The first kappa shape index (κ1) is 40.3. The highest BCUT2D eigenvalue weighted by Gasteiger charge is 2.86. The number of aliphatic carboxylic acids is 1. The molecule has 48 heavy (non-hydrogen) atoms. The van der Waals surface area contributed by atoms with E-state index in [-0.39, 0.29) is 0 Å². The van der Waals surface area contributed by atoms with Gasteiger partial charge in [0, 0.05) is 6.92 Å². The highest BCUT2D eigenvalue weighted by Crippen LogP contribution is 2.57. The smallest absolute Gasteiger partial charge is 0.364 e. The number of rotatable bonds is 10. The Bertz CT molecular complexity index is 1230. The Balaban J connectivity index is 2.49. The zero-order chi connectivity index (χ0) is 37.1. The van der Waals surface area contributed by atoms with E-state index in [4.69, 9.17) is 19.9 Å². The van der Waals surface area contributed by atoms with Crippen LogP contribution in [-0.2, 0) is 28.6 Å². The van der Waals surface area contributed by atoms with Crippen LogP contribution in [0, 0.1) is 5.92 Å². The van der Waals surface area contributed by atoms with Crippen LogP contribution in [0.25, 0.3) is 0 Å². The molecule has 0 aromatic rings. The lowest BCUT2D eigenvalue weighted by atomic mass is 9.57. The average Bonchev–Trinajstić information content (AvgIpc) is 3.02. The van der Waals surface area contributed by atoms with Crippen molar-refractivity contribution in [2.24, 2.45) is 11.7 Å². The molecule has 3 heterocycles. The van der Waals surface area contributed by atoms with Crippen molar-refractivity contribution in [2.75, 3.05) is 19.8 Å². The Morgan fingerprint density at radius 1 is 0.812 bits per heavy atom. The molecule has 3 aliphatic rings. The van der Waals surface area contributed by atoms with E-state index in [0.29, 0.717) is 6.92 Å². The predicted octanol–water partition coefficient (Wildman–Crippen LogP) is -11.0. The van der Waals surface area contributed by atoms with Gasteiger partial charge in [-0.2, -0.15) is 0 Å². The summed E-state index contributed by atoms with van der Waals surface area (Å²) in [6, 6.07) is -2.30. The van der Waals surface area contributed by atoms with Crippen molar-refractivity contribution in [3.63, 3.8) is 0 Å². The Labute approximate surface area is 269 Å². The van der Waals surface area contributed by atoms with E-state index in [1.165, 1.54) is 0 Å². The molecule has 0 bridgehead atoms. The third-order valence-electron chi connectivity index (χ3n) is 9.34. The Kier molecular flexibility index (Phi) is 11.4. The molecule has 1 amide bonds. The summed E-state index contributed by atoms with van der Waals surface area (Å²) in [6.07, 6.45) is -25.9. The first-order chi connectivity index (χ1) is 21.9. The van der Waals surface area contributed by atoms with E-state index < -0.39 is 139 Å². The summed E-state index contributed by atoms with van der Waals surface area (Å²) in [7, 11) is 0. The predicted molar refractivity (Wildman–Crippen MR) is 144 cm³/mol. The molecule has 278 valence electrons. The molecule has 13 unspecified atom stereocenters. The molecule has 3 aliphatic heterocycles. The molecule has 0 spiro atoms. The number of carboxylic acid groups (broad SMARTS) is 1. The quantitative estimate of drug-likeness (QED) is 0.100. The van der Waals surface area contributed by atoms with E-state index in [9.17, 15) is 91.0 Å². The standard InChI is InChI=1S/C25H42N2O21/c1-6(31)21(26)18(38)13(35)10(5-30)47-25(21,45)23(43)19(39)14(36)9(4-29)46-24(23,44)17-15(37)11(27-7(2)32)16(12(34)8(33)3-28)48-22(17,42)20(40)41/h8-19,28-30,33-39,42-45H,3-5,26H2,1-2H3,(H,27,32)(H,40,41)/t8?,9?,10-,11?,12?,13+,14?,15?,16?,17?,18+,19?,21+,22?,23?,24?,25?/m1/s1. The Hall–Kier alpha value is -2.11. The van der Waals surface area contributed by atoms with E-state index in [1.54, 1.807) is 0 Å². The second kappa shape index (κ2) is 13.5. The number of nitrogens with two attached hydrogens (primary N) is 1. The second-order valence-corrected chi connectivity index (χ2v) is 12.1. The van der Waals surface area contributed by atoms with Gasteiger partial charge in [0.05, 0.1) is 32.0 Å². The van der Waals surface area contributed by atoms with Gasteiger partial charge in [0.2, 0.25) is 23.1 Å². The van der Waals surface area contributed by atoms with Crippen LogP contribution < -0.4 is 11.1 Å². The van der Waals surface area contributed by atoms with E-state index >= 15 is 0 Å². The van der Waals surface area contributed by atoms with Crippen LogP contribution >= 0.6 is 0 Å². The van der Waals surface area contributed by atoms with E-state index in [0.717, 1.165) is 6.92 Å². The summed E-state index contributed by atoms with van der Waals surface area (Å²) >= 11 is 0. The molecule has 23 heteroatoms. The van der Waals surface area contributed by atoms with Gasteiger partial charge in [0.25, 0.3) is 5.79 Å². The maximum Gasteiger partial charge on any atom is 0.364 e. The van der Waals surface area contributed by atoms with Crippen LogP contribution in [0.5, 0.6) is 0 Å². The maximum atomic E-state index is 13.0. The summed E-state index contributed by atoms with van der Waals surface area (Å²) in [6.45, 7) is -2.75. The number of hydrogen-bond acceptors (Lipinski definition) is 21. The number of aliphatic hydroxyl groups excluding tert-OH is 10. The van der Waals surface area contributed by atoms with Crippen LogP contribution in [0.3, 0.4) is 0 Å². The number of hydrogen-bond donors (Lipinski definition) is 17. The minimum absolute atomic E-state index is 0.520. The lowest BCUT2D eigenvalue weighted by Gasteiger charge is -2.67. The van der Waals surface area contributed by atoms with Gasteiger partial charge >= 0.3 is 5.97 Å². The lowest BCUT2D eigenvalue weighted by Crippen LogP contribution is -2.95. The summed E-state index contributed by atoms with van der Waals surface area (Å²) in [5.41, 5.74) is -2.19. The maximum absolute atomic E-state index is 13.0. The van der Waals surface area contributed by atoms with Crippen molar-refractivity contribution >= 4 is 17.7 Å². The zero-order valence-corrected chi connectivity index (χ0v) is 25.3. The second-order valence-electron chi connectivity index (χ2n) is 12.1. The first-order valence-corrected chi connectivity index (χ1v) is 14.3. The monoisotopic (exact) mass is 706 g/mol. The molecule has 23 nitrogen and oxygen atoms in total. The van der Waals surface area contributed by atoms with Gasteiger partial charge < -0.3 is 102 Å². The normalized spacial score (nSPS) is 49.5. The van der Waals surface area contributed by atoms with Crippen molar-refractivity contribution in [1.82, 2.24) is 5.32 Å². The number of amides is 1. The Morgan fingerprint density at radius 3 is 1.75 bits per heavy atom. The highest BCUT2D eigenvalue weighted by molar-refractivity contribution is 5.89. The number of nitrogens with one attached hydrogen (secondary N) is 1. The van der Waals surface area contributed by atoms with Crippen LogP contribution in [0.1, 0.15) is 13.8 Å². The van der Waals surface area contributed by atoms with E-state index in [2.05, 4.69) is 0 Å². The minimum Gasteiger partial charge on any atom is -0.477 e. The van der Waals surface area contributed by atoms with Crippen LogP contribution in [-0.4, -0.2) is 210 Å². The third-order valence-corrected chi connectivity index (χ3v) is 9.34. The van der Waals surface area contributed by atoms with Gasteiger partial charge in [-0.05, 0) is 6.92 Å². The van der Waals surface area contributed by atoms with E-state index in [1.807, 2.05) is 5.32 Å². The molecule has 0 radical (unpaired) electrons. The summed E-state index contributed by atoms with van der Waals surface area (Å²) in [5.74, 6) is -21.9. The van der Waals surface area contributed by atoms with Crippen LogP contribution in [0.2, 0.25) is 0 Å². The van der Waals surface area contributed by atoms with Gasteiger partial charge in [-0.3, -0.25) is 9.59 Å². The SMILES string of the molecule is CC(=O)NC1C(O)C(C2(O)OC(CO)C(O)C(O)C2(O)C2(O)O[C@H](CO)[C@H](O)[C@H](O)[C@@]2(N)C(C)=O)C(O)(C(=O)O)OC1C(O)C(O)CO. The fourth-order valence-corrected chi connectivity index (χ4v) is 6.69. The molecule has 18 N–H and O–H groups in total. The van der Waals surface area contributed by atoms with Crippen LogP contribution in [0.4, 0.5) is 0 Å². The van der Waals surface area contributed by atoms with Crippen molar-refractivity contribution < 1.29 is 105 Å².